The first kappa shape index (κ1) is 9.47. The Balaban J connectivity index is 3.29. The molecule has 0 saturated carbocycles. The molecule has 1 rings (SSSR count). The molecule has 0 atom stereocenters. The van der Waals surface area contributed by atoms with E-state index >= 15 is 0 Å². The maximum absolute atomic E-state index is 10.7. The smallest absolute Gasteiger partial charge is 0.224 e. The minimum atomic E-state index is -3.60. The number of hydrogen-bond donors (Lipinski definition) is 1. The van der Waals surface area contributed by atoms with Crippen LogP contribution in [0.25, 0.3) is 0 Å². The van der Waals surface area contributed by atoms with Gasteiger partial charge in [-0.05, 0) is 22.0 Å². The number of rotatable bonds is 1. The first-order chi connectivity index (χ1) is 4.91. The van der Waals surface area contributed by atoms with Gasteiger partial charge in [0.15, 0.2) is 0 Å². The van der Waals surface area contributed by atoms with Crippen molar-refractivity contribution in [3.63, 3.8) is 0 Å². The van der Waals surface area contributed by atoms with Crippen LogP contribution >= 0.6 is 38.9 Å². The van der Waals surface area contributed by atoms with Crippen LogP contribution < -0.4 is 5.14 Å². The van der Waals surface area contributed by atoms with Crippen molar-refractivity contribution in [3.8, 4) is 0 Å². The minimum Gasteiger partial charge on any atom is -0.224 e. The van der Waals surface area contributed by atoms with Gasteiger partial charge in [-0.1, -0.05) is 11.6 Å². The van der Waals surface area contributed by atoms with Crippen LogP contribution in [0.1, 0.15) is 0 Å². The molecular formula is C4H3BrClNO2S2. The highest BCUT2D eigenvalue weighted by atomic mass is 79.9. The predicted octanol–water partition coefficient (Wildman–Crippen LogP) is 1.81. The summed E-state index contributed by atoms with van der Waals surface area (Å²) in [4.78, 5) is 0. The maximum Gasteiger partial charge on any atom is 0.247 e. The zero-order chi connectivity index (χ0) is 8.65. The van der Waals surface area contributed by atoms with E-state index in [4.69, 9.17) is 16.7 Å². The second-order valence-electron chi connectivity index (χ2n) is 1.73. The lowest BCUT2D eigenvalue weighted by molar-refractivity contribution is 0.600. The second-order valence-corrected chi connectivity index (χ2v) is 6.30. The fraction of sp³-hybridized carbons (Fsp3) is 0. The molecular weight excluding hydrogens is 274 g/mol. The number of sulfonamides is 1. The zero-order valence-corrected chi connectivity index (χ0v) is 9.02. The van der Waals surface area contributed by atoms with Gasteiger partial charge in [-0.3, -0.25) is 0 Å². The Morgan fingerprint density at radius 2 is 2.18 bits per heavy atom. The number of halogens is 2. The molecule has 0 aliphatic rings. The van der Waals surface area contributed by atoms with Gasteiger partial charge in [0, 0.05) is 0 Å². The van der Waals surface area contributed by atoms with Crippen molar-refractivity contribution in [2.45, 2.75) is 4.21 Å². The molecule has 62 valence electrons. The molecule has 0 aliphatic carbocycles. The molecule has 0 bridgehead atoms. The van der Waals surface area contributed by atoms with Crippen LogP contribution in [0, 0.1) is 0 Å². The summed E-state index contributed by atoms with van der Waals surface area (Å²) in [6.07, 6.45) is 0. The Bertz CT molecular complexity index is 352. The van der Waals surface area contributed by atoms with E-state index in [1.807, 2.05) is 0 Å². The summed E-state index contributed by atoms with van der Waals surface area (Å²) in [6.45, 7) is 0. The SMILES string of the molecule is NS(=O)(=O)c1cc(Cl)c(Br)s1. The van der Waals surface area contributed by atoms with Gasteiger partial charge in [0.1, 0.15) is 4.21 Å². The molecule has 7 heteroatoms. The van der Waals surface area contributed by atoms with Crippen molar-refractivity contribution < 1.29 is 8.42 Å². The molecule has 11 heavy (non-hydrogen) atoms. The highest BCUT2D eigenvalue weighted by Crippen LogP contribution is 2.33. The van der Waals surface area contributed by atoms with E-state index in [-0.39, 0.29) is 4.21 Å². The van der Waals surface area contributed by atoms with E-state index in [1.165, 1.54) is 6.07 Å². The summed E-state index contributed by atoms with van der Waals surface area (Å²) < 4.78 is 22.1. The van der Waals surface area contributed by atoms with Crippen LogP contribution in [0.3, 0.4) is 0 Å². The number of primary sulfonamides is 1. The van der Waals surface area contributed by atoms with Crippen LogP contribution in [0.15, 0.2) is 14.1 Å². The fourth-order valence-corrected chi connectivity index (χ4v) is 3.29. The quantitative estimate of drug-likeness (QED) is 0.850. The Labute approximate surface area is 81.3 Å². The van der Waals surface area contributed by atoms with Gasteiger partial charge in [-0.15, -0.1) is 11.3 Å². The van der Waals surface area contributed by atoms with Crippen molar-refractivity contribution in [2.75, 3.05) is 0 Å². The molecule has 0 aromatic carbocycles. The molecule has 1 heterocycles. The van der Waals surface area contributed by atoms with E-state index in [2.05, 4.69) is 15.9 Å². The summed E-state index contributed by atoms with van der Waals surface area (Å²) in [5.74, 6) is 0. The Morgan fingerprint density at radius 3 is 2.36 bits per heavy atom. The largest absolute Gasteiger partial charge is 0.247 e. The van der Waals surface area contributed by atoms with Crippen molar-refractivity contribution in [2.24, 2.45) is 5.14 Å². The predicted molar refractivity (Wildman–Crippen MR) is 48.4 cm³/mol. The highest BCUT2D eigenvalue weighted by Gasteiger charge is 2.13. The van der Waals surface area contributed by atoms with Gasteiger partial charge in [-0.2, -0.15) is 0 Å². The van der Waals surface area contributed by atoms with E-state index in [9.17, 15) is 8.42 Å². The average Bonchev–Trinajstić information content (AvgIpc) is 2.11. The van der Waals surface area contributed by atoms with E-state index in [1.54, 1.807) is 0 Å². The first-order valence-corrected chi connectivity index (χ1v) is 5.92. The molecule has 0 spiro atoms. The Hall–Kier alpha value is 0.380. The second kappa shape index (κ2) is 3.02. The van der Waals surface area contributed by atoms with Crippen molar-refractivity contribution in [1.82, 2.24) is 0 Å². The van der Waals surface area contributed by atoms with Gasteiger partial charge < -0.3 is 0 Å². The number of hydrogen-bond acceptors (Lipinski definition) is 3. The Morgan fingerprint density at radius 1 is 1.64 bits per heavy atom. The first-order valence-electron chi connectivity index (χ1n) is 2.39. The lowest BCUT2D eigenvalue weighted by Gasteiger charge is -1.86. The van der Waals surface area contributed by atoms with Gasteiger partial charge >= 0.3 is 0 Å². The van der Waals surface area contributed by atoms with Crippen LogP contribution in [-0.2, 0) is 10.0 Å². The van der Waals surface area contributed by atoms with Crippen molar-refractivity contribution >= 4 is 48.9 Å². The molecule has 2 N–H and O–H groups in total. The van der Waals surface area contributed by atoms with E-state index in [0.29, 0.717) is 8.81 Å². The molecule has 0 aliphatic heterocycles. The normalized spacial score (nSPS) is 11.9. The Kier molecular flexibility index (Phi) is 2.60. The van der Waals surface area contributed by atoms with Crippen LogP contribution in [0.4, 0.5) is 0 Å². The van der Waals surface area contributed by atoms with Crippen LogP contribution in [-0.4, -0.2) is 8.42 Å². The third-order valence-corrected chi connectivity index (χ3v) is 4.80. The van der Waals surface area contributed by atoms with Gasteiger partial charge in [0.05, 0.1) is 8.81 Å². The van der Waals surface area contributed by atoms with Crippen molar-refractivity contribution in [1.29, 1.82) is 0 Å². The monoisotopic (exact) mass is 275 g/mol. The molecule has 1 aromatic rings. The molecule has 1 aromatic heterocycles. The summed E-state index contributed by atoms with van der Waals surface area (Å²) in [5, 5.41) is 5.20. The van der Waals surface area contributed by atoms with Gasteiger partial charge in [0.2, 0.25) is 10.0 Å². The third-order valence-electron chi connectivity index (χ3n) is 0.903. The summed E-state index contributed by atoms with van der Waals surface area (Å²) in [6, 6.07) is 1.31. The van der Waals surface area contributed by atoms with Crippen LogP contribution in [0.5, 0.6) is 0 Å². The number of nitrogens with two attached hydrogens (primary N) is 1. The van der Waals surface area contributed by atoms with Gasteiger partial charge in [0.25, 0.3) is 0 Å². The van der Waals surface area contributed by atoms with E-state index in [0.717, 1.165) is 11.3 Å². The zero-order valence-electron chi connectivity index (χ0n) is 5.04. The third kappa shape index (κ3) is 2.16. The fourth-order valence-electron chi connectivity index (χ4n) is 0.467. The van der Waals surface area contributed by atoms with Crippen molar-refractivity contribution in [3.05, 3.63) is 14.9 Å². The topological polar surface area (TPSA) is 60.2 Å². The highest BCUT2D eigenvalue weighted by molar-refractivity contribution is 9.11. The lowest BCUT2D eigenvalue weighted by Crippen LogP contribution is -2.09. The lowest BCUT2D eigenvalue weighted by atomic mass is 10.7. The summed E-state index contributed by atoms with van der Waals surface area (Å²) in [7, 11) is -3.60. The molecule has 0 fully saturated rings. The maximum atomic E-state index is 10.7. The average molecular weight is 277 g/mol. The molecule has 0 saturated heterocycles. The summed E-state index contributed by atoms with van der Waals surface area (Å²) >= 11 is 9.65. The number of thiophene rings is 1. The minimum absolute atomic E-state index is 0.0642. The molecule has 0 unspecified atom stereocenters. The standard InChI is InChI=1S/C4H3BrClNO2S2/c5-4-2(6)1-3(10-4)11(7,8)9/h1H,(H2,7,8,9). The van der Waals surface area contributed by atoms with Crippen LogP contribution in [0.2, 0.25) is 5.02 Å². The molecule has 3 nitrogen and oxygen atoms in total. The van der Waals surface area contributed by atoms with Gasteiger partial charge in [-0.25, -0.2) is 13.6 Å². The summed E-state index contributed by atoms with van der Waals surface area (Å²) in [5.41, 5.74) is 0. The van der Waals surface area contributed by atoms with E-state index < -0.39 is 10.0 Å². The molecule has 0 amide bonds. The molecule has 0 radical (unpaired) electrons.